The van der Waals surface area contributed by atoms with Crippen molar-refractivity contribution in [3.05, 3.63) is 53.3 Å². The van der Waals surface area contributed by atoms with Crippen LogP contribution < -0.4 is 19.5 Å². The number of aryl methyl sites for hydroxylation is 2. The van der Waals surface area contributed by atoms with Crippen molar-refractivity contribution in [2.75, 3.05) is 25.3 Å². The lowest BCUT2D eigenvalue weighted by molar-refractivity contribution is -0.113. The van der Waals surface area contributed by atoms with E-state index in [4.69, 9.17) is 14.2 Å². The first-order valence-corrected chi connectivity index (χ1v) is 10.6. The fourth-order valence-electron chi connectivity index (χ4n) is 2.99. The highest BCUT2D eigenvalue weighted by molar-refractivity contribution is 7.99. The number of hydrogen-bond donors (Lipinski definition) is 1. The molecule has 164 valence electrons. The maximum absolute atomic E-state index is 12.4. The molecule has 1 heterocycles. The molecule has 0 aliphatic carbocycles. The lowest BCUT2D eigenvalue weighted by Crippen LogP contribution is -2.15. The molecule has 0 bridgehead atoms. The summed E-state index contributed by atoms with van der Waals surface area (Å²) in [6.07, 6.45) is 0. The quantitative estimate of drug-likeness (QED) is 0.505. The highest BCUT2D eigenvalue weighted by atomic mass is 32.2. The number of anilines is 1. The number of carbonyl (C=O) groups is 1. The summed E-state index contributed by atoms with van der Waals surface area (Å²) >= 11 is 1.29. The summed E-state index contributed by atoms with van der Waals surface area (Å²) in [5.74, 6) is 2.64. The summed E-state index contributed by atoms with van der Waals surface area (Å²) in [5, 5.41) is 11.8. The molecule has 0 fully saturated rings. The molecule has 8 nitrogen and oxygen atoms in total. The van der Waals surface area contributed by atoms with Crippen LogP contribution >= 0.6 is 11.8 Å². The van der Waals surface area contributed by atoms with Crippen LogP contribution in [0.25, 0.3) is 0 Å². The van der Waals surface area contributed by atoms with E-state index in [2.05, 4.69) is 21.6 Å². The lowest BCUT2D eigenvalue weighted by Gasteiger charge is -2.11. The van der Waals surface area contributed by atoms with Gasteiger partial charge in [0, 0.05) is 13.1 Å². The molecule has 0 saturated heterocycles. The Labute approximate surface area is 185 Å². The highest BCUT2D eigenvalue weighted by Crippen LogP contribution is 2.29. The second-order valence-corrected chi connectivity index (χ2v) is 7.92. The number of nitrogens with zero attached hydrogens (tertiary/aromatic N) is 3. The molecule has 2 aromatic carbocycles. The number of methoxy groups -OCH3 is 2. The third kappa shape index (κ3) is 5.91. The molecule has 31 heavy (non-hydrogen) atoms. The molecule has 9 heteroatoms. The lowest BCUT2D eigenvalue weighted by atomic mass is 10.1. The van der Waals surface area contributed by atoms with E-state index in [0.717, 1.165) is 16.9 Å². The fourth-order valence-corrected chi connectivity index (χ4v) is 3.72. The molecular weight excluding hydrogens is 416 g/mol. The Kier molecular flexibility index (Phi) is 7.41. The number of nitrogens with one attached hydrogen (secondary N) is 1. The van der Waals surface area contributed by atoms with E-state index >= 15 is 0 Å². The first-order valence-electron chi connectivity index (χ1n) is 9.63. The van der Waals surface area contributed by atoms with Crippen LogP contribution in [0.4, 0.5) is 5.69 Å². The van der Waals surface area contributed by atoms with E-state index in [1.54, 1.807) is 32.4 Å². The smallest absolute Gasteiger partial charge is 0.234 e. The summed E-state index contributed by atoms with van der Waals surface area (Å²) in [6.45, 7) is 4.35. The second-order valence-electron chi connectivity index (χ2n) is 6.97. The van der Waals surface area contributed by atoms with Gasteiger partial charge in [-0.05, 0) is 49.2 Å². The molecule has 3 rings (SSSR count). The van der Waals surface area contributed by atoms with Gasteiger partial charge in [-0.25, -0.2) is 0 Å². The molecule has 0 aliphatic rings. The van der Waals surface area contributed by atoms with Crippen LogP contribution in [0.5, 0.6) is 17.2 Å². The number of thioether (sulfide) groups is 1. The monoisotopic (exact) mass is 442 g/mol. The summed E-state index contributed by atoms with van der Waals surface area (Å²) < 4.78 is 18.2. The number of aromatic nitrogens is 3. The molecular formula is C22H26N4O4S. The van der Waals surface area contributed by atoms with Crippen LogP contribution in [0, 0.1) is 13.8 Å². The van der Waals surface area contributed by atoms with Crippen LogP contribution in [-0.2, 0) is 18.4 Å². The molecule has 3 aromatic rings. The van der Waals surface area contributed by atoms with Crippen molar-refractivity contribution in [1.29, 1.82) is 0 Å². The average molecular weight is 443 g/mol. The van der Waals surface area contributed by atoms with Gasteiger partial charge in [0.25, 0.3) is 0 Å². The van der Waals surface area contributed by atoms with Gasteiger partial charge in [0.05, 0.1) is 25.7 Å². The van der Waals surface area contributed by atoms with Crippen LogP contribution in [0.2, 0.25) is 0 Å². The van der Waals surface area contributed by atoms with Gasteiger partial charge in [0.2, 0.25) is 5.91 Å². The van der Waals surface area contributed by atoms with Gasteiger partial charge >= 0.3 is 0 Å². The molecule has 0 aliphatic heterocycles. The van der Waals surface area contributed by atoms with Crippen molar-refractivity contribution in [2.45, 2.75) is 25.6 Å². The minimum Gasteiger partial charge on any atom is -0.497 e. The Balaban J connectivity index is 1.58. The maximum Gasteiger partial charge on any atom is 0.234 e. The summed E-state index contributed by atoms with van der Waals surface area (Å²) in [5.41, 5.74) is 2.83. The zero-order valence-electron chi connectivity index (χ0n) is 18.3. The third-order valence-corrected chi connectivity index (χ3v) is 5.52. The van der Waals surface area contributed by atoms with Gasteiger partial charge in [-0.2, -0.15) is 0 Å². The molecule has 0 saturated carbocycles. The van der Waals surface area contributed by atoms with Gasteiger partial charge in [0.15, 0.2) is 11.0 Å². The molecule has 0 spiro atoms. The number of ether oxygens (including phenoxy) is 3. The first kappa shape index (κ1) is 22.5. The predicted octanol–water partition coefficient (Wildman–Crippen LogP) is 3.76. The van der Waals surface area contributed by atoms with E-state index in [0.29, 0.717) is 34.8 Å². The number of rotatable bonds is 9. The van der Waals surface area contributed by atoms with Crippen molar-refractivity contribution < 1.29 is 19.0 Å². The van der Waals surface area contributed by atoms with Crippen LogP contribution in [0.3, 0.4) is 0 Å². The molecule has 0 radical (unpaired) electrons. The first-order chi connectivity index (χ1) is 14.9. The molecule has 1 amide bonds. The largest absolute Gasteiger partial charge is 0.497 e. The van der Waals surface area contributed by atoms with E-state index in [9.17, 15) is 4.79 Å². The van der Waals surface area contributed by atoms with E-state index in [1.165, 1.54) is 11.8 Å². The molecule has 0 unspecified atom stereocenters. The van der Waals surface area contributed by atoms with Gasteiger partial charge in [0.1, 0.15) is 23.9 Å². The summed E-state index contributed by atoms with van der Waals surface area (Å²) in [7, 11) is 4.97. The van der Waals surface area contributed by atoms with Gasteiger partial charge in [-0.15, -0.1) is 10.2 Å². The molecule has 1 N–H and O–H groups in total. The fraction of sp³-hybridized carbons (Fsp3) is 0.318. The van der Waals surface area contributed by atoms with Gasteiger partial charge in [-0.1, -0.05) is 17.8 Å². The summed E-state index contributed by atoms with van der Waals surface area (Å²) in [4.78, 5) is 12.4. The molecule has 0 atom stereocenters. The minimum absolute atomic E-state index is 0.171. The standard InChI is InChI=1S/C22H26N4O4S/c1-14-8-15(2)10-17(9-14)30-12-20-24-25-22(26(20)3)31-13-21(27)23-18-11-16(28-4)6-7-19(18)29-5/h6-11H,12-13H2,1-5H3,(H,23,27). The average Bonchev–Trinajstić information content (AvgIpc) is 3.09. The van der Waals surface area contributed by atoms with Crippen molar-refractivity contribution in [3.63, 3.8) is 0 Å². The Morgan fingerprint density at radius 3 is 2.45 bits per heavy atom. The van der Waals surface area contributed by atoms with Gasteiger partial charge < -0.3 is 24.1 Å². The Bertz CT molecular complexity index is 1050. The van der Waals surface area contributed by atoms with Crippen molar-refractivity contribution in [2.24, 2.45) is 7.05 Å². The maximum atomic E-state index is 12.4. The Morgan fingerprint density at radius 1 is 1.03 bits per heavy atom. The zero-order chi connectivity index (χ0) is 22.4. The second kappa shape index (κ2) is 10.2. The highest BCUT2D eigenvalue weighted by Gasteiger charge is 2.14. The minimum atomic E-state index is -0.187. The van der Waals surface area contributed by atoms with E-state index < -0.39 is 0 Å². The van der Waals surface area contributed by atoms with E-state index in [1.807, 2.05) is 37.6 Å². The van der Waals surface area contributed by atoms with Crippen LogP contribution in [0.1, 0.15) is 17.0 Å². The topological polar surface area (TPSA) is 87.5 Å². The normalized spacial score (nSPS) is 10.6. The molecule has 1 aromatic heterocycles. The van der Waals surface area contributed by atoms with Crippen LogP contribution in [-0.4, -0.2) is 40.6 Å². The number of carbonyl (C=O) groups excluding carboxylic acids is 1. The van der Waals surface area contributed by atoms with Gasteiger partial charge in [-0.3, -0.25) is 4.79 Å². The summed E-state index contributed by atoms with van der Waals surface area (Å²) in [6, 6.07) is 11.3. The zero-order valence-corrected chi connectivity index (χ0v) is 19.1. The van der Waals surface area contributed by atoms with E-state index in [-0.39, 0.29) is 11.7 Å². The number of amides is 1. The number of benzene rings is 2. The SMILES string of the molecule is COc1ccc(OC)c(NC(=O)CSc2nnc(COc3cc(C)cc(C)c3)n2C)c1. The predicted molar refractivity (Wildman–Crippen MR) is 120 cm³/mol. The Morgan fingerprint density at radius 2 is 1.77 bits per heavy atom. The van der Waals surface area contributed by atoms with Crippen molar-refractivity contribution in [3.8, 4) is 17.2 Å². The van der Waals surface area contributed by atoms with Crippen LogP contribution in [0.15, 0.2) is 41.6 Å². The Hall–Kier alpha value is -3.20. The number of hydrogen-bond acceptors (Lipinski definition) is 7. The van der Waals surface area contributed by atoms with Crippen molar-refractivity contribution >= 4 is 23.4 Å². The van der Waals surface area contributed by atoms with Crippen molar-refractivity contribution in [1.82, 2.24) is 14.8 Å². The third-order valence-electron chi connectivity index (χ3n) is 4.50.